The first-order valence-corrected chi connectivity index (χ1v) is 10.2. The van der Waals surface area contributed by atoms with Gasteiger partial charge in [-0.05, 0) is 56.5 Å². The summed E-state index contributed by atoms with van der Waals surface area (Å²) in [5.74, 6) is 0.790. The summed E-state index contributed by atoms with van der Waals surface area (Å²) in [6.07, 6.45) is 2.08. The van der Waals surface area contributed by atoms with E-state index in [2.05, 4.69) is 22.8 Å². The third-order valence-electron chi connectivity index (χ3n) is 5.01. The lowest BCUT2D eigenvalue weighted by Crippen LogP contribution is -2.46. The molecule has 6 heteroatoms. The largest absolute Gasteiger partial charge is 0.494 e. The molecule has 3 rings (SSSR count). The zero-order valence-electron chi connectivity index (χ0n) is 17.1. The molecule has 1 saturated heterocycles. The molecule has 2 atom stereocenters. The van der Waals surface area contributed by atoms with Crippen molar-refractivity contribution < 1.29 is 14.3 Å². The van der Waals surface area contributed by atoms with Crippen LogP contribution in [0.15, 0.2) is 54.6 Å². The Bertz CT molecular complexity index is 808. The summed E-state index contributed by atoms with van der Waals surface area (Å²) in [6.45, 7) is 5.00. The van der Waals surface area contributed by atoms with Crippen molar-refractivity contribution in [2.24, 2.45) is 0 Å². The number of rotatable bonds is 8. The molecule has 1 aliphatic heterocycles. The molecule has 2 aromatic rings. The molecule has 1 aliphatic rings. The quantitative estimate of drug-likeness (QED) is 0.719. The minimum Gasteiger partial charge on any atom is -0.494 e. The Hall–Kier alpha value is -3.02. The van der Waals surface area contributed by atoms with Gasteiger partial charge in [-0.25, -0.2) is 4.79 Å². The fraction of sp³-hybridized carbons (Fsp3) is 0.391. The maximum absolute atomic E-state index is 12.4. The molecule has 0 spiro atoms. The standard InChI is InChI=1S/C23H29N3O3/c1-3-29-21-13-11-20(12-14-21)26-16-19(15-22(26)27)25-23(28)24-17(2)9-10-18-7-5-4-6-8-18/h4-8,11-14,17,19H,3,9-10,15-16H2,1-2H3,(H2,24,25,28)/t17-,19-/m0/s1. The number of amides is 3. The summed E-state index contributed by atoms with van der Waals surface area (Å²) < 4.78 is 5.44. The number of urea groups is 1. The van der Waals surface area contributed by atoms with E-state index in [0.717, 1.165) is 24.3 Å². The van der Waals surface area contributed by atoms with Crippen LogP contribution in [0.4, 0.5) is 10.5 Å². The second kappa shape index (κ2) is 9.96. The van der Waals surface area contributed by atoms with Crippen LogP contribution in [0.5, 0.6) is 5.75 Å². The maximum Gasteiger partial charge on any atom is 0.315 e. The van der Waals surface area contributed by atoms with Gasteiger partial charge in [0, 0.05) is 24.7 Å². The zero-order chi connectivity index (χ0) is 20.6. The zero-order valence-corrected chi connectivity index (χ0v) is 17.1. The lowest BCUT2D eigenvalue weighted by molar-refractivity contribution is -0.117. The van der Waals surface area contributed by atoms with Crippen molar-refractivity contribution in [1.29, 1.82) is 0 Å². The summed E-state index contributed by atoms with van der Waals surface area (Å²) in [5.41, 5.74) is 2.08. The lowest BCUT2D eigenvalue weighted by atomic mass is 10.1. The van der Waals surface area contributed by atoms with Gasteiger partial charge in [0.05, 0.1) is 12.6 Å². The normalized spacial score (nSPS) is 17.1. The number of ether oxygens (including phenoxy) is 1. The molecule has 0 aliphatic carbocycles. The fourth-order valence-corrected chi connectivity index (χ4v) is 3.49. The Kier molecular flexibility index (Phi) is 7.11. The Morgan fingerprint density at radius 3 is 2.59 bits per heavy atom. The lowest BCUT2D eigenvalue weighted by Gasteiger charge is -2.19. The highest BCUT2D eigenvalue weighted by Gasteiger charge is 2.31. The van der Waals surface area contributed by atoms with E-state index in [1.54, 1.807) is 4.90 Å². The SMILES string of the molecule is CCOc1ccc(N2C[C@@H](NC(=O)N[C@@H](C)CCc3ccccc3)CC2=O)cc1. The van der Waals surface area contributed by atoms with E-state index in [0.29, 0.717) is 19.6 Å². The van der Waals surface area contributed by atoms with E-state index in [9.17, 15) is 9.59 Å². The van der Waals surface area contributed by atoms with Crippen molar-refractivity contribution in [3.8, 4) is 5.75 Å². The summed E-state index contributed by atoms with van der Waals surface area (Å²) in [7, 11) is 0. The van der Waals surface area contributed by atoms with Gasteiger partial charge in [0.1, 0.15) is 5.75 Å². The van der Waals surface area contributed by atoms with Crippen LogP contribution in [-0.4, -0.2) is 37.2 Å². The van der Waals surface area contributed by atoms with E-state index in [4.69, 9.17) is 4.74 Å². The van der Waals surface area contributed by atoms with Crippen molar-refractivity contribution >= 4 is 17.6 Å². The molecule has 0 unspecified atom stereocenters. The molecule has 3 amide bonds. The highest BCUT2D eigenvalue weighted by Crippen LogP contribution is 2.24. The first kappa shape index (κ1) is 20.7. The first-order chi connectivity index (χ1) is 14.0. The molecule has 154 valence electrons. The third-order valence-corrected chi connectivity index (χ3v) is 5.01. The number of carbonyl (C=O) groups is 2. The second-order valence-corrected chi connectivity index (χ2v) is 7.38. The Morgan fingerprint density at radius 2 is 1.90 bits per heavy atom. The van der Waals surface area contributed by atoms with Gasteiger partial charge in [0.25, 0.3) is 0 Å². The molecule has 1 heterocycles. The molecule has 0 saturated carbocycles. The molecule has 2 aromatic carbocycles. The Morgan fingerprint density at radius 1 is 1.17 bits per heavy atom. The summed E-state index contributed by atoms with van der Waals surface area (Å²) in [5, 5.41) is 5.90. The van der Waals surface area contributed by atoms with Gasteiger partial charge in [-0.2, -0.15) is 0 Å². The number of hydrogen-bond acceptors (Lipinski definition) is 3. The van der Waals surface area contributed by atoms with Crippen molar-refractivity contribution in [1.82, 2.24) is 10.6 Å². The number of nitrogens with zero attached hydrogens (tertiary/aromatic N) is 1. The Balaban J connectivity index is 1.45. The summed E-state index contributed by atoms with van der Waals surface area (Å²) >= 11 is 0. The van der Waals surface area contributed by atoms with Crippen molar-refractivity contribution in [3.05, 3.63) is 60.2 Å². The van der Waals surface area contributed by atoms with Crippen LogP contribution in [0.3, 0.4) is 0 Å². The number of aryl methyl sites for hydroxylation is 1. The van der Waals surface area contributed by atoms with E-state index in [1.165, 1.54) is 5.56 Å². The average molecular weight is 396 g/mol. The number of benzene rings is 2. The van der Waals surface area contributed by atoms with Crippen LogP contribution in [-0.2, 0) is 11.2 Å². The highest BCUT2D eigenvalue weighted by atomic mass is 16.5. The van der Waals surface area contributed by atoms with Gasteiger partial charge in [-0.1, -0.05) is 30.3 Å². The van der Waals surface area contributed by atoms with Crippen LogP contribution in [0.2, 0.25) is 0 Å². The highest BCUT2D eigenvalue weighted by molar-refractivity contribution is 5.96. The Labute approximate surface area is 172 Å². The number of nitrogens with one attached hydrogen (secondary N) is 2. The van der Waals surface area contributed by atoms with Crippen LogP contribution in [0, 0.1) is 0 Å². The maximum atomic E-state index is 12.4. The van der Waals surface area contributed by atoms with E-state index in [1.807, 2.05) is 56.3 Å². The summed E-state index contributed by atoms with van der Waals surface area (Å²) in [6, 6.07) is 17.3. The molecule has 0 aromatic heterocycles. The topological polar surface area (TPSA) is 70.7 Å². The van der Waals surface area contributed by atoms with Gasteiger partial charge in [0.15, 0.2) is 0 Å². The number of hydrogen-bond donors (Lipinski definition) is 2. The molecular formula is C23H29N3O3. The third kappa shape index (κ3) is 5.98. The van der Waals surface area contributed by atoms with Crippen LogP contribution >= 0.6 is 0 Å². The molecule has 0 radical (unpaired) electrons. The van der Waals surface area contributed by atoms with Crippen molar-refractivity contribution in [2.45, 2.75) is 45.2 Å². The smallest absolute Gasteiger partial charge is 0.315 e. The predicted molar refractivity (Wildman–Crippen MR) is 114 cm³/mol. The summed E-state index contributed by atoms with van der Waals surface area (Å²) in [4.78, 5) is 26.4. The average Bonchev–Trinajstić information content (AvgIpc) is 3.08. The fourth-order valence-electron chi connectivity index (χ4n) is 3.49. The number of anilines is 1. The van der Waals surface area contributed by atoms with Crippen LogP contribution in [0.25, 0.3) is 0 Å². The predicted octanol–water partition coefficient (Wildman–Crippen LogP) is 3.51. The first-order valence-electron chi connectivity index (χ1n) is 10.2. The molecule has 0 bridgehead atoms. The van der Waals surface area contributed by atoms with Gasteiger partial charge in [0.2, 0.25) is 5.91 Å². The van der Waals surface area contributed by atoms with E-state index < -0.39 is 0 Å². The van der Waals surface area contributed by atoms with Gasteiger partial charge in [-0.15, -0.1) is 0 Å². The van der Waals surface area contributed by atoms with Gasteiger partial charge in [-0.3, -0.25) is 4.79 Å². The molecule has 29 heavy (non-hydrogen) atoms. The second-order valence-electron chi connectivity index (χ2n) is 7.38. The van der Waals surface area contributed by atoms with E-state index >= 15 is 0 Å². The van der Waals surface area contributed by atoms with Crippen LogP contribution < -0.4 is 20.3 Å². The minimum atomic E-state index is -0.225. The minimum absolute atomic E-state index is 0.0107. The molecule has 1 fully saturated rings. The number of carbonyl (C=O) groups excluding carboxylic acids is 2. The molecule has 6 nitrogen and oxygen atoms in total. The van der Waals surface area contributed by atoms with Crippen LogP contribution in [0.1, 0.15) is 32.3 Å². The van der Waals surface area contributed by atoms with Crippen molar-refractivity contribution in [3.63, 3.8) is 0 Å². The molecule has 2 N–H and O–H groups in total. The monoisotopic (exact) mass is 395 g/mol. The van der Waals surface area contributed by atoms with E-state index in [-0.39, 0.29) is 24.0 Å². The molecular weight excluding hydrogens is 366 g/mol. The van der Waals surface area contributed by atoms with Gasteiger partial charge < -0.3 is 20.3 Å². The van der Waals surface area contributed by atoms with Gasteiger partial charge >= 0.3 is 6.03 Å². The van der Waals surface area contributed by atoms with Crippen molar-refractivity contribution in [2.75, 3.05) is 18.1 Å².